The lowest BCUT2D eigenvalue weighted by Crippen LogP contribution is -2.53. The first-order valence-corrected chi connectivity index (χ1v) is 13.0. The maximum absolute atomic E-state index is 13.5. The molecule has 0 aliphatic heterocycles. The van der Waals surface area contributed by atoms with Crippen LogP contribution in [0.4, 0.5) is 5.69 Å². The first-order chi connectivity index (χ1) is 15.0. The second-order valence-corrected chi connectivity index (χ2v) is 10.7. The van der Waals surface area contributed by atoms with E-state index in [0.717, 1.165) is 16.1 Å². The SMILES string of the molecule is CC[C@H](C(=O)NC(C)C)N(Cc1ccccc1)C(=O)CN(c1cccc(Br)c1)S(C)(=O)=O. The van der Waals surface area contributed by atoms with E-state index in [1.54, 1.807) is 24.3 Å². The standard InChI is InChI=1S/C23H30BrN3O4S/c1-5-21(23(29)25-17(2)3)26(15-18-10-7-6-8-11-18)22(28)16-27(32(4,30)31)20-13-9-12-19(24)14-20/h6-14,17,21H,5,15-16H2,1-4H3,(H,25,29)/t21-/m1/s1. The summed E-state index contributed by atoms with van der Waals surface area (Å²) in [6.07, 6.45) is 1.46. The Kier molecular flexibility index (Phi) is 9.27. The maximum atomic E-state index is 13.5. The zero-order chi connectivity index (χ0) is 23.9. The maximum Gasteiger partial charge on any atom is 0.244 e. The van der Waals surface area contributed by atoms with Crippen LogP contribution in [0.25, 0.3) is 0 Å². The predicted molar refractivity (Wildman–Crippen MR) is 131 cm³/mol. The highest BCUT2D eigenvalue weighted by molar-refractivity contribution is 9.10. The molecule has 0 aromatic heterocycles. The molecule has 1 N–H and O–H groups in total. The molecule has 0 aliphatic carbocycles. The van der Waals surface area contributed by atoms with E-state index in [-0.39, 0.29) is 18.5 Å². The molecule has 2 amide bonds. The number of carbonyl (C=O) groups is 2. The van der Waals surface area contributed by atoms with Crippen LogP contribution in [0.5, 0.6) is 0 Å². The van der Waals surface area contributed by atoms with Crippen molar-refractivity contribution in [1.82, 2.24) is 10.2 Å². The number of nitrogens with one attached hydrogen (secondary N) is 1. The summed E-state index contributed by atoms with van der Waals surface area (Å²) < 4.78 is 26.8. The molecule has 7 nitrogen and oxygen atoms in total. The summed E-state index contributed by atoms with van der Waals surface area (Å²) in [5.74, 6) is -0.717. The third-order valence-electron chi connectivity index (χ3n) is 4.79. The highest BCUT2D eigenvalue weighted by Gasteiger charge is 2.31. The molecule has 0 spiro atoms. The second-order valence-electron chi connectivity index (χ2n) is 7.84. The van der Waals surface area contributed by atoms with Gasteiger partial charge >= 0.3 is 0 Å². The van der Waals surface area contributed by atoms with Gasteiger partial charge < -0.3 is 10.2 Å². The molecule has 32 heavy (non-hydrogen) atoms. The van der Waals surface area contributed by atoms with E-state index in [9.17, 15) is 18.0 Å². The molecule has 0 bridgehead atoms. The molecule has 2 aromatic rings. The minimum absolute atomic E-state index is 0.0839. The summed E-state index contributed by atoms with van der Waals surface area (Å²) in [5, 5.41) is 2.87. The average Bonchev–Trinajstić information content (AvgIpc) is 2.71. The molecule has 0 saturated carbocycles. The third-order valence-corrected chi connectivity index (χ3v) is 6.42. The smallest absolute Gasteiger partial charge is 0.244 e. The van der Waals surface area contributed by atoms with Crippen LogP contribution in [0.2, 0.25) is 0 Å². The Bertz CT molecular complexity index is 1030. The van der Waals surface area contributed by atoms with E-state index in [1.165, 1.54) is 4.90 Å². The van der Waals surface area contributed by atoms with Gasteiger partial charge in [-0.15, -0.1) is 0 Å². The fourth-order valence-electron chi connectivity index (χ4n) is 3.33. The van der Waals surface area contributed by atoms with Crippen LogP contribution in [0, 0.1) is 0 Å². The van der Waals surface area contributed by atoms with Gasteiger partial charge in [0.05, 0.1) is 11.9 Å². The summed E-state index contributed by atoms with van der Waals surface area (Å²) in [4.78, 5) is 27.8. The van der Waals surface area contributed by atoms with Crippen molar-refractivity contribution in [1.29, 1.82) is 0 Å². The highest BCUT2D eigenvalue weighted by atomic mass is 79.9. The fourth-order valence-corrected chi connectivity index (χ4v) is 4.55. The summed E-state index contributed by atoms with van der Waals surface area (Å²) in [5.41, 5.74) is 1.22. The average molecular weight is 524 g/mol. The van der Waals surface area contributed by atoms with E-state index < -0.39 is 28.5 Å². The molecule has 2 aromatic carbocycles. The number of rotatable bonds is 10. The Labute approximate surface area is 199 Å². The van der Waals surface area contributed by atoms with Gasteiger partial charge in [-0.1, -0.05) is 59.3 Å². The van der Waals surface area contributed by atoms with Crippen LogP contribution in [-0.2, 0) is 26.2 Å². The van der Waals surface area contributed by atoms with Gasteiger partial charge in [0.15, 0.2) is 0 Å². The van der Waals surface area contributed by atoms with Crippen molar-refractivity contribution in [3.05, 3.63) is 64.6 Å². The van der Waals surface area contributed by atoms with Crippen LogP contribution >= 0.6 is 15.9 Å². The Morgan fingerprint density at radius 3 is 2.25 bits per heavy atom. The number of nitrogens with zero attached hydrogens (tertiary/aromatic N) is 2. The van der Waals surface area contributed by atoms with Crippen molar-refractivity contribution in [3.63, 3.8) is 0 Å². The van der Waals surface area contributed by atoms with Gasteiger partial charge in [-0.3, -0.25) is 13.9 Å². The normalized spacial score (nSPS) is 12.3. The van der Waals surface area contributed by atoms with Gasteiger partial charge in [0.1, 0.15) is 12.6 Å². The first kappa shape index (κ1) is 25.9. The summed E-state index contributed by atoms with van der Waals surface area (Å²) in [6, 6.07) is 15.3. The second kappa shape index (κ2) is 11.5. The number of hydrogen-bond donors (Lipinski definition) is 1. The number of anilines is 1. The number of halogens is 1. The van der Waals surface area contributed by atoms with E-state index >= 15 is 0 Å². The molecule has 174 valence electrons. The minimum Gasteiger partial charge on any atom is -0.352 e. The molecule has 0 heterocycles. The third kappa shape index (κ3) is 7.34. The molecule has 1 atom stereocenters. The fraction of sp³-hybridized carbons (Fsp3) is 0.391. The predicted octanol–water partition coefficient (Wildman–Crippen LogP) is 3.55. The zero-order valence-corrected chi connectivity index (χ0v) is 21.2. The summed E-state index contributed by atoms with van der Waals surface area (Å²) in [6.45, 7) is 5.32. The van der Waals surface area contributed by atoms with Crippen LogP contribution in [0.3, 0.4) is 0 Å². The van der Waals surface area contributed by atoms with Gasteiger partial charge in [0, 0.05) is 17.1 Å². The lowest BCUT2D eigenvalue weighted by Gasteiger charge is -2.33. The van der Waals surface area contributed by atoms with Crippen LogP contribution in [0.1, 0.15) is 32.8 Å². The Hall–Kier alpha value is -2.39. The van der Waals surface area contributed by atoms with Crippen molar-refractivity contribution < 1.29 is 18.0 Å². The number of benzene rings is 2. The quantitative estimate of drug-likeness (QED) is 0.515. The van der Waals surface area contributed by atoms with Crippen molar-refractivity contribution in [2.45, 2.75) is 45.8 Å². The minimum atomic E-state index is -3.74. The molecule has 0 aliphatic rings. The lowest BCUT2D eigenvalue weighted by molar-refractivity contribution is -0.140. The molecule has 0 fully saturated rings. The van der Waals surface area contributed by atoms with E-state index in [1.807, 2.05) is 51.1 Å². The van der Waals surface area contributed by atoms with Crippen molar-refractivity contribution in [3.8, 4) is 0 Å². The van der Waals surface area contributed by atoms with Gasteiger partial charge in [0.25, 0.3) is 0 Å². The highest BCUT2D eigenvalue weighted by Crippen LogP contribution is 2.23. The van der Waals surface area contributed by atoms with Crippen molar-refractivity contribution >= 4 is 43.5 Å². The van der Waals surface area contributed by atoms with Gasteiger partial charge in [-0.05, 0) is 44.0 Å². The number of hydrogen-bond acceptors (Lipinski definition) is 4. The number of sulfonamides is 1. The molecule has 0 saturated heterocycles. The number of carbonyl (C=O) groups excluding carboxylic acids is 2. The van der Waals surface area contributed by atoms with Crippen LogP contribution in [-0.4, -0.2) is 50.0 Å². The monoisotopic (exact) mass is 523 g/mol. The van der Waals surface area contributed by atoms with Gasteiger partial charge in [0.2, 0.25) is 21.8 Å². The molecule has 2 rings (SSSR count). The molecular weight excluding hydrogens is 494 g/mol. The Morgan fingerprint density at radius 1 is 1.06 bits per heavy atom. The lowest BCUT2D eigenvalue weighted by atomic mass is 10.1. The van der Waals surface area contributed by atoms with Crippen molar-refractivity contribution in [2.75, 3.05) is 17.1 Å². The largest absolute Gasteiger partial charge is 0.352 e. The summed E-state index contributed by atoms with van der Waals surface area (Å²) in [7, 11) is -3.74. The van der Waals surface area contributed by atoms with Gasteiger partial charge in [-0.2, -0.15) is 0 Å². The van der Waals surface area contributed by atoms with Crippen molar-refractivity contribution in [2.24, 2.45) is 0 Å². The Morgan fingerprint density at radius 2 is 1.72 bits per heavy atom. The first-order valence-electron chi connectivity index (χ1n) is 10.4. The topological polar surface area (TPSA) is 86.8 Å². The number of amides is 2. The zero-order valence-electron chi connectivity index (χ0n) is 18.8. The molecule has 0 radical (unpaired) electrons. The van der Waals surface area contributed by atoms with Crippen LogP contribution in [0.15, 0.2) is 59.1 Å². The van der Waals surface area contributed by atoms with E-state index in [2.05, 4.69) is 21.2 Å². The Balaban J connectivity index is 2.41. The molecule has 9 heteroatoms. The van der Waals surface area contributed by atoms with E-state index in [4.69, 9.17) is 0 Å². The molecular formula is C23H30BrN3O4S. The van der Waals surface area contributed by atoms with Crippen LogP contribution < -0.4 is 9.62 Å². The summed E-state index contributed by atoms with van der Waals surface area (Å²) >= 11 is 3.34. The van der Waals surface area contributed by atoms with Gasteiger partial charge in [-0.25, -0.2) is 8.42 Å². The molecule has 0 unspecified atom stereocenters. The van der Waals surface area contributed by atoms with E-state index in [0.29, 0.717) is 16.6 Å².